The Balaban J connectivity index is 2.36. The van der Waals surface area contributed by atoms with Gasteiger partial charge in [-0.25, -0.2) is 8.42 Å². The monoisotopic (exact) mass is 454 g/mol. The van der Waals surface area contributed by atoms with Crippen LogP contribution in [0.15, 0.2) is 59.5 Å². The third kappa shape index (κ3) is 6.00. The lowest BCUT2D eigenvalue weighted by atomic mass is 9.99. The summed E-state index contributed by atoms with van der Waals surface area (Å²) >= 11 is 0. The number of benzene rings is 2. The Morgan fingerprint density at radius 1 is 1.13 bits per heavy atom. The van der Waals surface area contributed by atoms with E-state index >= 15 is 0 Å². The van der Waals surface area contributed by atoms with Crippen molar-refractivity contribution < 1.29 is 27.8 Å². The van der Waals surface area contributed by atoms with Crippen LogP contribution in [-0.2, 0) is 25.9 Å². The molecule has 8 nitrogen and oxygen atoms in total. The summed E-state index contributed by atoms with van der Waals surface area (Å²) in [6.07, 6.45) is -0.615. The first-order valence-corrected chi connectivity index (χ1v) is 12.8. The molecule has 3 atom stereocenters. The maximum absolute atomic E-state index is 13.2. The van der Waals surface area contributed by atoms with Gasteiger partial charge in [-0.2, -0.15) is 4.72 Å². The fraction of sp³-hybridized carbons (Fsp3) is 0.350. The zero-order chi connectivity index (χ0) is 22.5. The number of sulfonamides is 1. The molecule has 0 amide bonds. The molecule has 0 aliphatic rings. The zero-order valence-corrected chi connectivity index (χ0v) is 18.5. The van der Waals surface area contributed by atoms with Gasteiger partial charge in [-0.1, -0.05) is 56.3 Å². The summed E-state index contributed by atoms with van der Waals surface area (Å²) in [6.45, 7) is 3.40. The molecule has 0 saturated heterocycles. The maximum atomic E-state index is 13.2. The highest BCUT2D eigenvalue weighted by atomic mass is 32.2. The van der Waals surface area contributed by atoms with Gasteiger partial charge in [0.25, 0.3) is 0 Å². The lowest BCUT2D eigenvalue weighted by molar-refractivity contribution is -0.138. The number of rotatable bonds is 10. The molecule has 0 aliphatic carbocycles. The molecule has 2 aromatic carbocycles. The molecule has 164 valence electrons. The van der Waals surface area contributed by atoms with Crippen LogP contribution in [0, 0.1) is 5.92 Å². The van der Waals surface area contributed by atoms with E-state index in [-0.39, 0.29) is 11.4 Å². The highest BCUT2D eigenvalue weighted by Crippen LogP contribution is 2.51. The predicted molar refractivity (Wildman–Crippen MR) is 115 cm³/mol. The number of aliphatic carboxylic acids is 1. The van der Waals surface area contributed by atoms with Gasteiger partial charge in [-0.05, 0) is 29.2 Å². The molecule has 5 N–H and O–H groups in total. The van der Waals surface area contributed by atoms with E-state index in [1.54, 1.807) is 56.3 Å². The molecular formula is C20H27N2O6PS. The fourth-order valence-electron chi connectivity index (χ4n) is 3.15. The average molecular weight is 454 g/mol. The van der Waals surface area contributed by atoms with Crippen LogP contribution in [0.25, 0.3) is 0 Å². The number of nitrogens with one attached hydrogen (secondary N) is 1. The Morgan fingerprint density at radius 2 is 1.77 bits per heavy atom. The molecule has 1 unspecified atom stereocenters. The Bertz CT molecular complexity index is 1030. The van der Waals surface area contributed by atoms with Crippen molar-refractivity contribution in [1.82, 2.24) is 4.72 Å². The molecule has 30 heavy (non-hydrogen) atoms. The van der Waals surface area contributed by atoms with E-state index in [0.717, 1.165) is 0 Å². The molecule has 0 radical (unpaired) electrons. The minimum Gasteiger partial charge on any atom is -0.481 e. The van der Waals surface area contributed by atoms with Crippen molar-refractivity contribution in [2.24, 2.45) is 11.7 Å². The Hall–Kier alpha value is -2.03. The van der Waals surface area contributed by atoms with Gasteiger partial charge in [0.15, 0.2) is 0 Å². The summed E-state index contributed by atoms with van der Waals surface area (Å²) in [7, 11) is -8.34. The van der Waals surface area contributed by atoms with Crippen molar-refractivity contribution in [1.29, 1.82) is 0 Å². The first-order chi connectivity index (χ1) is 14.0. The molecule has 0 bridgehead atoms. The third-order valence-electron chi connectivity index (χ3n) is 4.73. The average Bonchev–Trinajstić information content (AvgIpc) is 2.70. The molecule has 0 aromatic heterocycles. The highest BCUT2D eigenvalue weighted by Gasteiger charge is 2.40. The van der Waals surface area contributed by atoms with Gasteiger partial charge < -0.3 is 15.7 Å². The van der Waals surface area contributed by atoms with Gasteiger partial charge in [0, 0.05) is 12.7 Å². The molecule has 2 aromatic rings. The second-order valence-electron chi connectivity index (χ2n) is 7.40. The maximum Gasteiger partial charge on any atom is 0.311 e. The van der Waals surface area contributed by atoms with Crippen LogP contribution in [0.3, 0.4) is 0 Å². The lowest BCUT2D eigenvalue weighted by Crippen LogP contribution is -2.39. The van der Waals surface area contributed by atoms with Crippen molar-refractivity contribution in [3.05, 3.63) is 65.7 Å². The van der Waals surface area contributed by atoms with Crippen LogP contribution in [0.2, 0.25) is 0 Å². The van der Waals surface area contributed by atoms with Gasteiger partial charge in [-0.3, -0.25) is 9.36 Å². The van der Waals surface area contributed by atoms with E-state index in [2.05, 4.69) is 4.72 Å². The summed E-state index contributed by atoms with van der Waals surface area (Å²) in [5.74, 6) is -4.45. The van der Waals surface area contributed by atoms with Crippen molar-refractivity contribution in [3.63, 3.8) is 0 Å². The Morgan fingerprint density at radius 3 is 2.30 bits per heavy atom. The normalized spacial score (nSPS) is 16.0. The van der Waals surface area contributed by atoms with E-state index in [9.17, 15) is 27.8 Å². The van der Waals surface area contributed by atoms with Crippen LogP contribution in [0.1, 0.15) is 30.9 Å². The Kier molecular flexibility index (Phi) is 7.96. The predicted octanol–water partition coefficient (Wildman–Crippen LogP) is 2.54. The van der Waals surface area contributed by atoms with Crippen LogP contribution in [-0.4, -0.2) is 36.3 Å². The number of carboxylic acids is 1. The topological polar surface area (TPSA) is 147 Å². The van der Waals surface area contributed by atoms with Crippen LogP contribution >= 0.6 is 7.37 Å². The molecule has 0 spiro atoms. The molecule has 0 heterocycles. The van der Waals surface area contributed by atoms with Gasteiger partial charge in [0.1, 0.15) is 5.78 Å². The lowest BCUT2D eigenvalue weighted by Gasteiger charge is -2.29. The van der Waals surface area contributed by atoms with Gasteiger partial charge in [-0.15, -0.1) is 0 Å². The smallest absolute Gasteiger partial charge is 0.311 e. The second-order valence-corrected chi connectivity index (χ2v) is 11.5. The second kappa shape index (κ2) is 9.85. The van der Waals surface area contributed by atoms with Crippen LogP contribution in [0.5, 0.6) is 0 Å². The number of hydrogen-bond donors (Lipinski definition) is 4. The number of carboxylic acid groups (broad SMARTS) is 1. The third-order valence-corrected chi connectivity index (χ3v) is 8.84. The van der Waals surface area contributed by atoms with Crippen LogP contribution < -0.4 is 10.5 Å². The number of hydrogen-bond acceptors (Lipinski definition) is 5. The van der Waals surface area contributed by atoms with E-state index in [1.807, 2.05) is 0 Å². The molecule has 10 heteroatoms. The summed E-state index contributed by atoms with van der Waals surface area (Å²) in [4.78, 5) is 22.6. The standard InChI is InChI=1S/C20H27N2O6PS/c1-14(2)19(22-30(27,28)17-9-4-3-5-10-17)29(25,26)13-18(20(23)24)16-8-6-7-15(11-16)12-21/h3-11,14,18-19,22H,12-13,21H2,1-2H3,(H,23,24)(H,25,26)/t18-,19+/m0/s1. The molecule has 0 aliphatic heterocycles. The van der Waals surface area contributed by atoms with E-state index in [4.69, 9.17) is 5.73 Å². The van der Waals surface area contributed by atoms with Crippen molar-refractivity contribution in [2.75, 3.05) is 6.16 Å². The van der Waals surface area contributed by atoms with Crippen LogP contribution in [0.4, 0.5) is 0 Å². The van der Waals surface area contributed by atoms with E-state index in [1.165, 1.54) is 12.1 Å². The zero-order valence-electron chi connectivity index (χ0n) is 16.8. The highest BCUT2D eigenvalue weighted by molar-refractivity contribution is 7.90. The summed E-state index contributed by atoms with van der Waals surface area (Å²) in [6, 6.07) is 14.0. The fourth-order valence-corrected chi connectivity index (χ4v) is 7.51. The first-order valence-electron chi connectivity index (χ1n) is 9.38. The minimum atomic E-state index is -4.28. The number of carbonyl (C=O) groups is 1. The summed E-state index contributed by atoms with van der Waals surface area (Å²) in [5.41, 5.74) is 6.64. The molecular weight excluding hydrogens is 427 g/mol. The van der Waals surface area contributed by atoms with E-state index < -0.39 is 47.1 Å². The van der Waals surface area contributed by atoms with Gasteiger partial charge in [0.2, 0.25) is 17.4 Å². The van der Waals surface area contributed by atoms with E-state index in [0.29, 0.717) is 11.1 Å². The summed E-state index contributed by atoms with van der Waals surface area (Å²) < 4.78 is 40.9. The van der Waals surface area contributed by atoms with Crippen molar-refractivity contribution in [3.8, 4) is 0 Å². The van der Waals surface area contributed by atoms with Crippen molar-refractivity contribution in [2.45, 2.75) is 37.0 Å². The SMILES string of the molecule is CC(C)[C@H](NS(=O)(=O)c1ccccc1)P(=O)(O)C[C@H](C(=O)O)c1cccc(CN)c1. The largest absolute Gasteiger partial charge is 0.481 e. The summed E-state index contributed by atoms with van der Waals surface area (Å²) in [5, 5.41) is 9.68. The quantitative estimate of drug-likeness (QED) is 0.403. The Labute approximate surface area is 176 Å². The number of nitrogens with two attached hydrogens (primary N) is 1. The van der Waals surface area contributed by atoms with Gasteiger partial charge >= 0.3 is 5.97 Å². The van der Waals surface area contributed by atoms with Crippen molar-refractivity contribution >= 4 is 23.4 Å². The molecule has 0 saturated carbocycles. The first kappa shape index (κ1) is 24.2. The van der Waals surface area contributed by atoms with Gasteiger partial charge in [0.05, 0.1) is 10.8 Å². The molecule has 0 fully saturated rings. The molecule has 2 rings (SSSR count). The minimum absolute atomic E-state index is 0.0407.